The number of ether oxygens (including phenoxy) is 2. The zero-order valence-corrected chi connectivity index (χ0v) is 14.9. The van der Waals surface area contributed by atoms with Gasteiger partial charge < -0.3 is 23.6 Å². The van der Waals surface area contributed by atoms with Crippen LogP contribution in [0.3, 0.4) is 0 Å². The van der Waals surface area contributed by atoms with Crippen molar-refractivity contribution in [2.75, 3.05) is 20.8 Å². The van der Waals surface area contributed by atoms with Gasteiger partial charge in [-0.05, 0) is 36.2 Å². The molecule has 0 unspecified atom stereocenters. The number of hydrogen-bond acceptors (Lipinski definition) is 7. The van der Waals surface area contributed by atoms with Gasteiger partial charge in [-0.1, -0.05) is 6.07 Å². The lowest BCUT2D eigenvalue weighted by molar-refractivity contribution is -0.121. The van der Waals surface area contributed by atoms with E-state index in [1.54, 1.807) is 32.4 Å². The Hall–Kier alpha value is -3.49. The van der Waals surface area contributed by atoms with Gasteiger partial charge in [-0.15, -0.1) is 5.10 Å². The fourth-order valence-electron chi connectivity index (χ4n) is 2.48. The maximum atomic E-state index is 12.1. The molecule has 1 aromatic carbocycles. The number of rotatable bonds is 8. The first-order chi connectivity index (χ1) is 13.1. The monoisotopic (exact) mass is 373 g/mol. The van der Waals surface area contributed by atoms with Crippen molar-refractivity contribution in [3.05, 3.63) is 52.7 Å². The maximum Gasteiger partial charge on any atom is 0.437 e. The highest BCUT2D eigenvalue weighted by Crippen LogP contribution is 2.27. The molecule has 0 saturated heterocycles. The largest absolute Gasteiger partial charge is 0.493 e. The zero-order valence-electron chi connectivity index (χ0n) is 14.9. The molecule has 0 atom stereocenters. The molecule has 0 spiro atoms. The van der Waals surface area contributed by atoms with Gasteiger partial charge in [-0.2, -0.15) is 4.68 Å². The van der Waals surface area contributed by atoms with Gasteiger partial charge in [0.2, 0.25) is 5.91 Å². The molecule has 27 heavy (non-hydrogen) atoms. The van der Waals surface area contributed by atoms with Crippen LogP contribution in [0.25, 0.3) is 11.7 Å². The summed E-state index contributed by atoms with van der Waals surface area (Å²) in [5, 5.41) is 6.69. The van der Waals surface area contributed by atoms with Crippen molar-refractivity contribution in [2.45, 2.75) is 13.0 Å². The lowest BCUT2D eigenvalue weighted by Gasteiger charge is -2.10. The minimum Gasteiger partial charge on any atom is -0.493 e. The third kappa shape index (κ3) is 4.38. The fraction of sp³-hybridized carbons (Fsp3) is 0.278. The number of nitrogens with one attached hydrogen (secondary N) is 1. The molecule has 0 radical (unpaired) electrons. The summed E-state index contributed by atoms with van der Waals surface area (Å²) in [6.07, 6.45) is 2.03. The number of aromatic nitrogens is 2. The molecule has 3 aromatic rings. The minimum atomic E-state index is -0.726. The number of carbonyl (C=O) groups excluding carboxylic acids is 1. The number of hydrogen-bond donors (Lipinski definition) is 1. The molecule has 0 aliphatic rings. The van der Waals surface area contributed by atoms with Crippen LogP contribution in [0.2, 0.25) is 0 Å². The molecule has 0 aliphatic carbocycles. The van der Waals surface area contributed by atoms with Crippen molar-refractivity contribution >= 4 is 5.91 Å². The second kappa shape index (κ2) is 8.26. The highest BCUT2D eigenvalue weighted by molar-refractivity contribution is 5.75. The van der Waals surface area contributed by atoms with Crippen molar-refractivity contribution in [1.82, 2.24) is 15.1 Å². The summed E-state index contributed by atoms with van der Waals surface area (Å²) in [4.78, 5) is 23.8. The topological polar surface area (TPSA) is 109 Å². The number of nitrogens with zero attached hydrogens (tertiary/aromatic N) is 2. The lowest BCUT2D eigenvalue weighted by Crippen LogP contribution is -2.32. The van der Waals surface area contributed by atoms with E-state index < -0.39 is 5.76 Å². The van der Waals surface area contributed by atoms with Crippen molar-refractivity contribution < 1.29 is 23.1 Å². The molecule has 3 rings (SSSR count). The average molecular weight is 373 g/mol. The zero-order chi connectivity index (χ0) is 19.2. The molecule has 1 amide bonds. The maximum absolute atomic E-state index is 12.1. The van der Waals surface area contributed by atoms with Crippen molar-refractivity contribution in [2.24, 2.45) is 0 Å². The number of carbonyl (C=O) groups is 1. The van der Waals surface area contributed by atoms with E-state index in [9.17, 15) is 9.59 Å². The molecular formula is C18H19N3O6. The molecule has 0 bridgehead atoms. The first kappa shape index (κ1) is 18.3. The number of methoxy groups -OCH3 is 2. The van der Waals surface area contributed by atoms with E-state index >= 15 is 0 Å². The van der Waals surface area contributed by atoms with Crippen molar-refractivity contribution in [3.8, 4) is 23.1 Å². The van der Waals surface area contributed by atoms with Gasteiger partial charge in [0.15, 0.2) is 17.3 Å². The minimum absolute atomic E-state index is 0.0307. The van der Waals surface area contributed by atoms with Crippen molar-refractivity contribution in [3.63, 3.8) is 0 Å². The molecule has 9 heteroatoms. The van der Waals surface area contributed by atoms with Crippen LogP contribution in [-0.2, 0) is 17.8 Å². The quantitative estimate of drug-likeness (QED) is 0.637. The van der Waals surface area contributed by atoms with E-state index in [0.717, 1.165) is 10.2 Å². The Morgan fingerprint density at radius 1 is 1.22 bits per heavy atom. The van der Waals surface area contributed by atoms with E-state index in [1.165, 1.54) is 6.26 Å². The van der Waals surface area contributed by atoms with E-state index in [1.807, 2.05) is 12.1 Å². The van der Waals surface area contributed by atoms with E-state index in [4.69, 9.17) is 18.3 Å². The summed E-state index contributed by atoms with van der Waals surface area (Å²) < 4.78 is 21.5. The molecule has 2 aromatic heterocycles. The second-order valence-electron chi connectivity index (χ2n) is 5.60. The van der Waals surface area contributed by atoms with Gasteiger partial charge in [0, 0.05) is 6.54 Å². The molecule has 0 aliphatic heterocycles. The molecule has 142 valence electrons. The molecule has 1 N–H and O–H groups in total. The molecule has 2 heterocycles. The Morgan fingerprint density at radius 2 is 2.04 bits per heavy atom. The molecule has 9 nitrogen and oxygen atoms in total. The SMILES string of the molecule is COc1ccc(CCNC(=O)Cn2nc(-c3ccco3)oc2=O)cc1OC. The standard InChI is InChI=1S/C18H19N3O6/c1-24-13-6-5-12(10-15(13)25-2)7-8-19-16(22)11-21-18(23)27-17(20-21)14-4-3-9-26-14/h3-6,9-10H,7-8,11H2,1-2H3,(H,19,22). The average Bonchev–Trinajstić information content (AvgIpc) is 3.32. The Balaban J connectivity index is 1.54. The number of benzene rings is 1. The predicted molar refractivity (Wildman–Crippen MR) is 94.7 cm³/mol. The van der Waals surface area contributed by atoms with Crippen LogP contribution in [0.15, 0.2) is 50.2 Å². The third-order valence-corrected chi connectivity index (χ3v) is 3.82. The fourth-order valence-corrected chi connectivity index (χ4v) is 2.48. The van der Waals surface area contributed by atoms with Gasteiger partial charge in [0.05, 0.1) is 20.5 Å². The Morgan fingerprint density at radius 3 is 2.74 bits per heavy atom. The second-order valence-corrected chi connectivity index (χ2v) is 5.60. The van der Waals surface area contributed by atoms with Gasteiger partial charge in [0.25, 0.3) is 5.89 Å². The summed E-state index contributed by atoms with van der Waals surface area (Å²) in [5.41, 5.74) is 0.978. The van der Waals surface area contributed by atoms with Crippen molar-refractivity contribution in [1.29, 1.82) is 0 Å². The van der Waals surface area contributed by atoms with Gasteiger partial charge in [-0.25, -0.2) is 4.79 Å². The Bertz CT molecular complexity index is 958. The van der Waals surface area contributed by atoms with Crippen LogP contribution in [0.5, 0.6) is 11.5 Å². The molecule has 0 saturated carbocycles. The summed E-state index contributed by atoms with van der Waals surface area (Å²) in [5.74, 6) is 0.542. The van der Waals surface area contributed by atoms with E-state index in [-0.39, 0.29) is 18.3 Å². The summed E-state index contributed by atoms with van der Waals surface area (Å²) in [6.45, 7) is 0.154. The Labute approximate surface area is 154 Å². The normalized spacial score (nSPS) is 10.6. The highest BCUT2D eigenvalue weighted by atomic mass is 16.5. The van der Waals surface area contributed by atoms with E-state index in [0.29, 0.717) is 30.2 Å². The first-order valence-electron chi connectivity index (χ1n) is 8.20. The van der Waals surface area contributed by atoms with Gasteiger partial charge >= 0.3 is 5.76 Å². The Kier molecular flexibility index (Phi) is 5.60. The van der Waals surface area contributed by atoms with Crippen LogP contribution in [0.1, 0.15) is 5.56 Å². The lowest BCUT2D eigenvalue weighted by atomic mass is 10.1. The van der Waals surface area contributed by atoms with Crippen LogP contribution in [0, 0.1) is 0 Å². The first-order valence-corrected chi connectivity index (χ1v) is 8.20. The molecular weight excluding hydrogens is 354 g/mol. The molecule has 0 fully saturated rings. The third-order valence-electron chi connectivity index (χ3n) is 3.82. The summed E-state index contributed by atoms with van der Waals surface area (Å²) >= 11 is 0. The number of amides is 1. The number of furan rings is 1. The smallest absolute Gasteiger partial charge is 0.437 e. The van der Waals surface area contributed by atoms with Gasteiger partial charge in [0.1, 0.15) is 6.54 Å². The van der Waals surface area contributed by atoms with E-state index in [2.05, 4.69) is 10.4 Å². The van der Waals surface area contributed by atoms with Crippen LogP contribution in [0.4, 0.5) is 0 Å². The van der Waals surface area contributed by atoms with Crippen LogP contribution in [-0.4, -0.2) is 36.5 Å². The predicted octanol–water partition coefficient (Wildman–Crippen LogP) is 1.47. The van der Waals surface area contributed by atoms with Crippen LogP contribution >= 0.6 is 0 Å². The van der Waals surface area contributed by atoms with Gasteiger partial charge in [-0.3, -0.25) is 4.79 Å². The summed E-state index contributed by atoms with van der Waals surface area (Å²) in [6, 6.07) is 8.81. The van der Waals surface area contributed by atoms with Crippen LogP contribution < -0.4 is 20.5 Å². The summed E-state index contributed by atoms with van der Waals surface area (Å²) in [7, 11) is 3.14. The highest BCUT2D eigenvalue weighted by Gasteiger charge is 2.14.